The van der Waals surface area contributed by atoms with E-state index in [1.807, 2.05) is 17.5 Å². The van der Waals surface area contributed by atoms with Crippen LogP contribution < -0.4 is 4.74 Å². The van der Waals surface area contributed by atoms with Crippen LogP contribution in [0.3, 0.4) is 0 Å². The van der Waals surface area contributed by atoms with E-state index in [0.717, 1.165) is 42.9 Å². The Bertz CT molecular complexity index is 889. The molecule has 1 saturated carbocycles. The van der Waals surface area contributed by atoms with Crippen LogP contribution in [0, 0.1) is 11.8 Å². The highest BCUT2D eigenvalue weighted by Gasteiger charge is 2.39. The molecule has 0 spiro atoms. The van der Waals surface area contributed by atoms with Crippen molar-refractivity contribution in [1.82, 2.24) is 19.4 Å². The van der Waals surface area contributed by atoms with Gasteiger partial charge in [-0.3, -0.25) is 9.69 Å². The molecule has 1 aromatic carbocycles. The fraction of sp³-hybridized carbons (Fsp3) is 0.625. The van der Waals surface area contributed by atoms with Gasteiger partial charge < -0.3 is 9.64 Å². The van der Waals surface area contributed by atoms with Crippen molar-refractivity contribution in [2.24, 2.45) is 11.8 Å². The lowest BCUT2D eigenvalue weighted by Gasteiger charge is -2.41. The lowest BCUT2D eigenvalue weighted by molar-refractivity contribution is -0.132. The molecule has 3 fully saturated rings. The molecule has 1 aromatic heterocycles. The molecule has 4 atom stereocenters. The van der Waals surface area contributed by atoms with E-state index in [-0.39, 0.29) is 17.7 Å². The molecule has 2 saturated heterocycles. The van der Waals surface area contributed by atoms with Gasteiger partial charge in [0.1, 0.15) is 5.75 Å². The minimum Gasteiger partial charge on any atom is -0.497 e. The molecule has 166 valence electrons. The van der Waals surface area contributed by atoms with Crippen LogP contribution in [0.5, 0.6) is 5.75 Å². The summed E-state index contributed by atoms with van der Waals surface area (Å²) in [5, 5.41) is 6.39. The predicted octanol–water partition coefficient (Wildman–Crippen LogP) is 3.77. The van der Waals surface area contributed by atoms with Gasteiger partial charge >= 0.3 is 0 Å². The van der Waals surface area contributed by atoms with Crippen LogP contribution in [-0.4, -0.2) is 65.1 Å². The van der Waals surface area contributed by atoms with E-state index in [4.69, 9.17) is 4.74 Å². The Hall–Kier alpha value is -1.99. The maximum absolute atomic E-state index is 13.3. The summed E-state index contributed by atoms with van der Waals surface area (Å²) in [6.07, 6.45) is 6.75. The van der Waals surface area contributed by atoms with Crippen LogP contribution in [-0.2, 0) is 4.79 Å². The number of likely N-dealkylation sites (tertiary alicyclic amines) is 2. The van der Waals surface area contributed by atoms with E-state index >= 15 is 0 Å². The first kappa shape index (κ1) is 20.9. The predicted molar refractivity (Wildman–Crippen MR) is 121 cm³/mol. The summed E-state index contributed by atoms with van der Waals surface area (Å²) in [6.45, 7) is 4.17. The third kappa shape index (κ3) is 4.48. The lowest BCUT2D eigenvalue weighted by Crippen LogP contribution is -2.46. The van der Waals surface area contributed by atoms with Crippen molar-refractivity contribution < 1.29 is 9.53 Å². The Kier molecular flexibility index (Phi) is 6.23. The van der Waals surface area contributed by atoms with Crippen molar-refractivity contribution in [2.45, 2.75) is 43.9 Å². The third-order valence-electron chi connectivity index (χ3n) is 7.69. The van der Waals surface area contributed by atoms with E-state index in [9.17, 15) is 4.79 Å². The molecular formula is C24H32N4O2S. The van der Waals surface area contributed by atoms with E-state index < -0.39 is 0 Å². The fourth-order valence-electron chi connectivity index (χ4n) is 5.96. The molecule has 0 N–H and O–H groups in total. The van der Waals surface area contributed by atoms with Gasteiger partial charge in [-0.05, 0) is 60.5 Å². The van der Waals surface area contributed by atoms with E-state index in [2.05, 4.69) is 31.5 Å². The Morgan fingerprint density at radius 3 is 2.77 bits per heavy atom. The number of aromatic nitrogens is 2. The summed E-state index contributed by atoms with van der Waals surface area (Å²) in [5.74, 6) is 3.20. The summed E-state index contributed by atoms with van der Waals surface area (Å²) >= 11 is 1.38. The molecule has 6 nitrogen and oxygen atoms in total. The molecule has 3 aliphatic rings. The monoisotopic (exact) mass is 440 g/mol. The molecule has 1 amide bonds. The standard InChI is InChI=1S/C24H32N4O2S/c1-30-20-8-4-7-18(11-20)21-13-28(14-22(21)23-16-31-26-25-23)24(29)15-27-10-9-17-5-2-3-6-19(17)12-27/h4,7-8,11,16-17,19,21-22H,2-3,5-6,9-10,12-15H2,1H3/t17-,19-,21+,22-/m1/s1. The molecule has 3 heterocycles. The topological polar surface area (TPSA) is 58.6 Å². The average Bonchev–Trinajstić information content (AvgIpc) is 3.49. The molecule has 7 heteroatoms. The summed E-state index contributed by atoms with van der Waals surface area (Å²) in [6, 6.07) is 8.24. The number of methoxy groups -OCH3 is 1. The zero-order valence-corrected chi connectivity index (χ0v) is 19.1. The molecule has 0 radical (unpaired) electrons. The van der Waals surface area contributed by atoms with Gasteiger partial charge in [0.2, 0.25) is 5.91 Å². The number of carbonyl (C=O) groups is 1. The number of hydrogen-bond donors (Lipinski definition) is 0. The van der Waals surface area contributed by atoms with Crippen molar-refractivity contribution in [1.29, 1.82) is 0 Å². The Labute approximate surface area is 188 Å². The van der Waals surface area contributed by atoms with Gasteiger partial charge in [-0.2, -0.15) is 0 Å². The number of fused-ring (bicyclic) bond motifs is 1. The van der Waals surface area contributed by atoms with Gasteiger partial charge in [0.15, 0.2) is 0 Å². The molecule has 0 unspecified atom stereocenters. The maximum Gasteiger partial charge on any atom is 0.236 e. The van der Waals surface area contributed by atoms with Crippen molar-refractivity contribution in [3.8, 4) is 5.75 Å². The van der Waals surface area contributed by atoms with Crippen LogP contribution in [0.15, 0.2) is 29.6 Å². The van der Waals surface area contributed by atoms with Gasteiger partial charge in [-0.1, -0.05) is 35.9 Å². The summed E-state index contributed by atoms with van der Waals surface area (Å²) < 4.78 is 9.53. The zero-order chi connectivity index (χ0) is 21.2. The van der Waals surface area contributed by atoms with Crippen LogP contribution in [0.25, 0.3) is 0 Å². The van der Waals surface area contributed by atoms with Gasteiger partial charge in [0, 0.05) is 36.9 Å². The Morgan fingerprint density at radius 1 is 1.13 bits per heavy atom. The van der Waals surface area contributed by atoms with E-state index in [1.54, 1.807) is 7.11 Å². The van der Waals surface area contributed by atoms with Gasteiger partial charge in [-0.25, -0.2) is 0 Å². The molecular weight excluding hydrogens is 408 g/mol. The number of nitrogens with zero attached hydrogens (tertiary/aromatic N) is 4. The van der Waals surface area contributed by atoms with Crippen LogP contribution >= 0.6 is 11.5 Å². The highest BCUT2D eigenvalue weighted by Crippen LogP contribution is 2.40. The second-order valence-electron chi connectivity index (χ2n) is 9.45. The second kappa shape index (κ2) is 9.25. The quantitative estimate of drug-likeness (QED) is 0.708. The summed E-state index contributed by atoms with van der Waals surface area (Å²) in [7, 11) is 1.70. The second-order valence-corrected chi connectivity index (χ2v) is 10.1. The third-order valence-corrected chi connectivity index (χ3v) is 8.21. The first-order valence-corrected chi connectivity index (χ1v) is 12.5. The zero-order valence-electron chi connectivity index (χ0n) is 18.3. The number of benzene rings is 1. The van der Waals surface area contributed by atoms with Crippen LogP contribution in [0.1, 0.15) is 55.2 Å². The van der Waals surface area contributed by atoms with E-state index in [0.29, 0.717) is 13.1 Å². The number of hydrogen-bond acceptors (Lipinski definition) is 6. The van der Waals surface area contributed by atoms with E-state index in [1.165, 1.54) is 49.2 Å². The Balaban J connectivity index is 1.29. The van der Waals surface area contributed by atoms with Gasteiger partial charge in [0.05, 0.1) is 19.3 Å². The minimum atomic E-state index is 0.180. The highest BCUT2D eigenvalue weighted by molar-refractivity contribution is 7.03. The normalized spacial score (nSPS) is 29.0. The van der Waals surface area contributed by atoms with Crippen molar-refractivity contribution >= 4 is 17.4 Å². The first-order valence-electron chi connectivity index (χ1n) is 11.6. The number of rotatable bonds is 5. The number of carbonyl (C=O) groups excluding carboxylic acids is 1. The van der Waals surface area contributed by atoms with Gasteiger partial charge in [-0.15, -0.1) is 5.10 Å². The minimum absolute atomic E-state index is 0.180. The Morgan fingerprint density at radius 2 is 1.97 bits per heavy atom. The van der Waals surface area contributed by atoms with Crippen molar-refractivity contribution in [3.63, 3.8) is 0 Å². The smallest absolute Gasteiger partial charge is 0.236 e. The molecule has 5 rings (SSSR count). The first-order chi connectivity index (χ1) is 15.2. The van der Waals surface area contributed by atoms with Crippen molar-refractivity contribution in [3.05, 3.63) is 40.9 Å². The van der Waals surface area contributed by atoms with Crippen LogP contribution in [0.4, 0.5) is 0 Å². The number of amides is 1. The molecule has 31 heavy (non-hydrogen) atoms. The maximum atomic E-state index is 13.3. The highest BCUT2D eigenvalue weighted by atomic mass is 32.1. The fourth-order valence-corrected chi connectivity index (χ4v) is 6.48. The largest absolute Gasteiger partial charge is 0.497 e. The lowest BCUT2D eigenvalue weighted by atomic mass is 9.75. The van der Waals surface area contributed by atoms with Crippen molar-refractivity contribution in [2.75, 3.05) is 39.8 Å². The SMILES string of the molecule is COc1cccc([C@@H]2CN(C(=O)CN3CC[C@H]4CCCC[C@@H]4C3)C[C@H]2c2csnn2)c1. The summed E-state index contributed by atoms with van der Waals surface area (Å²) in [5.41, 5.74) is 2.20. The van der Waals surface area contributed by atoms with Crippen LogP contribution in [0.2, 0.25) is 0 Å². The molecule has 0 bridgehead atoms. The average molecular weight is 441 g/mol. The van der Waals surface area contributed by atoms with Gasteiger partial charge in [0.25, 0.3) is 0 Å². The number of ether oxygens (including phenoxy) is 1. The molecule has 2 aromatic rings. The summed E-state index contributed by atoms with van der Waals surface area (Å²) in [4.78, 5) is 17.8. The number of piperidine rings is 1. The molecule has 2 aliphatic heterocycles. The molecule has 1 aliphatic carbocycles.